The molecule has 0 bridgehead atoms. The molecule has 1 amide bonds. The minimum Gasteiger partial charge on any atom is -0.373 e. The van der Waals surface area contributed by atoms with E-state index < -0.39 is 0 Å². The summed E-state index contributed by atoms with van der Waals surface area (Å²) < 4.78 is 5.70. The Morgan fingerprint density at radius 1 is 1.32 bits per heavy atom. The van der Waals surface area contributed by atoms with Gasteiger partial charge in [0.1, 0.15) is 0 Å². The molecule has 0 aliphatic carbocycles. The van der Waals surface area contributed by atoms with Crippen molar-refractivity contribution in [1.29, 1.82) is 0 Å². The number of rotatable bonds is 5. The first-order valence-corrected chi connectivity index (χ1v) is 7.01. The summed E-state index contributed by atoms with van der Waals surface area (Å²) in [4.78, 5) is 14.0. The third-order valence-electron chi connectivity index (χ3n) is 3.60. The highest BCUT2D eigenvalue weighted by molar-refractivity contribution is 5.85. The van der Waals surface area contributed by atoms with Crippen molar-refractivity contribution in [3.63, 3.8) is 0 Å². The van der Waals surface area contributed by atoms with Crippen LogP contribution in [0.3, 0.4) is 0 Å². The molecule has 2 aliphatic rings. The average Bonchev–Trinajstić information content (AvgIpc) is 2.20. The minimum absolute atomic E-state index is 0. The van der Waals surface area contributed by atoms with Crippen molar-refractivity contribution < 1.29 is 9.53 Å². The Bertz CT molecular complexity index is 277. The molecule has 112 valence electrons. The van der Waals surface area contributed by atoms with Gasteiger partial charge >= 0.3 is 0 Å². The normalized spacial score (nSPS) is 28.3. The molecule has 2 fully saturated rings. The van der Waals surface area contributed by atoms with Crippen molar-refractivity contribution in [1.82, 2.24) is 15.5 Å². The van der Waals surface area contributed by atoms with Crippen LogP contribution in [-0.4, -0.2) is 62.3 Å². The molecule has 2 unspecified atom stereocenters. The molecule has 0 aromatic carbocycles. The SMILES string of the molecule is CC1CN(CCCNC(=O)C2CNC2)CC(C)O1.Cl. The van der Waals surface area contributed by atoms with Crippen LogP contribution in [0.5, 0.6) is 0 Å². The molecule has 2 aliphatic heterocycles. The topological polar surface area (TPSA) is 53.6 Å². The van der Waals surface area contributed by atoms with Crippen LogP contribution in [0.4, 0.5) is 0 Å². The molecule has 19 heavy (non-hydrogen) atoms. The predicted molar refractivity (Wildman–Crippen MR) is 77.7 cm³/mol. The van der Waals surface area contributed by atoms with Crippen LogP contribution in [-0.2, 0) is 9.53 Å². The lowest BCUT2D eigenvalue weighted by Gasteiger charge is -2.35. The summed E-state index contributed by atoms with van der Waals surface area (Å²) in [7, 11) is 0. The first kappa shape index (κ1) is 16.7. The fourth-order valence-corrected chi connectivity index (χ4v) is 2.60. The number of carbonyl (C=O) groups is 1. The summed E-state index contributed by atoms with van der Waals surface area (Å²) in [6, 6.07) is 0. The van der Waals surface area contributed by atoms with E-state index in [4.69, 9.17) is 4.74 Å². The van der Waals surface area contributed by atoms with Gasteiger partial charge in [0.15, 0.2) is 0 Å². The highest BCUT2D eigenvalue weighted by atomic mass is 35.5. The Morgan fingerprint density at radius 3 is 2.47 bits per heavy atom. The average molecular weight is 292 g/mol. The summed E-state index contributed by atoms with van der Waals surface area (Å²) in [6.45, 7) is 9.75. The predicted octanol–water partition coefficient (Wildman–Crippen LogP) is 0.243. The number of ether oxygens (including phenoxy) is 1. The Morgan fingerprint density at radius 2 is 1.95 bits per heavy atom. The van der Waals surface area contributed by atoms with Crippen molar-refractivity contribution >= 4 is 18.3 Å². The zero-order chi connectivity index (χ0) is 13.0. The Hall–Kier alpha value is -0.360. The lowest BCUT2D eigenvalue weighted by molar-refractivity contribution is -0.126. The van der Waals surface area contributed by atoms with Crippen molar-refractivity contribution in [2.45, 2.75) is 32.5 Å². The standard InChI is InChI=1S/C13H25N3O2.ClH/c1-10-8-16(9-11(2)18-10)5-3-4-15-13(17)12-6-14-7-12;/h10-12,14H,3-9H2,1-2H3,(H,15,17);1H. The molecule has 0 aromatic heterocycles. The molecule has 0 saturated carbocycles. The van der Waals surface area contributed by atoms with Gasteiger partial charge in [-0.1, -0.05) is 0 Å². The Kier molecular flexibility index (Phi) is 7.07. The highest BCUT2D eigenvalue weighted by Gasteiger charge is 2.24. The molecular formula is C13H26ClN3O2. The van der Waals surface area contributed by atoms with E-state index in [1.54, 1.807) is 0 Å². The molecule has 2 rings (SSSR count). The molecule has 2 saturated heterocycles. The van der Waals surface area contributed by atoms with Crippen LogP contribution in [0.1, 0.15) is 20.3 Å². The Balaban J connectivity index is 0.00000180. The van der Waals surface area contributed by atoms with Gasteiger partial charge in [0.2, 0.25) is 5.91 Å². The Labute approximate surface area is 121 Å². The van der Waals surface area contributed by atoms with Crippen LogP contribution in [0.2, 0.25) is 0 Å². The van der Waals surface area contributed by atoms with Gasteiger partial charge in [0.05, 0.1) is 18.1 Å². The van der Waals surface area contributed by atoms with Crippen LogP contribution in [0, 0.1) is 5.92 Å². The number of halogens is 1. The van der Waals surface area contributed by atoms with E-state index >= 15 is 0 Å². The van der Waals surface area contributed by atoms with Crippen LogP contribution in [0.25, 0.3) is 0 Å². The second kappa shape index (κ2) is 8.04. The van der Waals surface area contributed by atoms with Gasteiger partial charge in [0, 0.05) is 39.3 Å². The number of hydrogen-bond acceptors (Lipinski definition) is 4. The van der Waals surface area contributed by atoms with Gasteiger partial charge in [0.25, 0.3) is 0 Å². The molecule has 6 heteroatoms. The quantitative estimate of drug-likeness (QED) is 0.713. The summed E-state index contributed by atoms with van der Waals surface area (Å²) in [5, 5.41) is 6.12. The zero-order valence-electron chi connectivity index (χ0n) is 11.9. The van der Waals surface area contributed by atoms with E-state index in [0.717, 1.165) is 45.7 Å². The molecule has 2 N–H and O–H groups in total. The third-order valence-corrected chi connectivity index (χ3v) is 3.60. The van der Waals surface area contributed by atoms with Crippen LogP contribution < -0.4 is 10.6 Å². The third kappa shape index (κ3) is 5.26. The maximum Gasteiger partial charge on any atom is 0.225 e. The van der Waals surface area contributed by atoms with Crippen molar-refractivity contribution in [2.24, 2.45) is 5.92 Å². The number of carbonyl (C=O) groups excluding carboxylic acids is 1. The van der Waals surface area contributed by atoms with Crippen molar-refractivity contribution in [3.05, 3.63) is 0 Å². The van der Waals surface area contributed by atoms with E-state index in [2.05, 4.69) is 29.4 Å². The van der Waals surface area contributed by atoms with E-state index in [1.165, 1.54) is 0 Å². The first-order chi connectivity index (χ1) is 8.65. The number of amides is 1. The lowest BCUT2D eigenvalue weighted by atomic mass is 10.0. The number of nitrogens with one attached hydrogen (secondary N) is 2. The zero-order valence-corrected chi connectivity index (χ0v) is 12.7. The van der Waals surface area contributed by atoms with Gasteiger partial charge in [-0.2, -0.15) is 0 Å². The van der Waals surface area contributed by atoms with Crippen molar-refractivity contribution in [2.75, 3.05) is 39.3 Å². The van der Waals surface area contributed by atoms with Gasteiger partial charge in [-0.3, -0.25) is 9.69 Å². The van der Waals surface area contributed by atoms with Crippen molar-refractivity contribution in [3.8, 4) is 0 Å². The lowest BCUT2D eigenvalue weighted by Crippen LogP contribution is -2.51. The molecule has 2 atom stereocenters. The van der Waals surface area contributed by atoms with Gasteiger partial charge in [-0.05, 0) is 20.3 Å². The minimum atomic E-state index is 0. The van der Waals surface area contributed by atoms with Crippen LogP contribution >= 0.6 is 12.4 Å². The fourth-order valence-electron chi connectivity index (χ4n) is 2.60. The molecular weight excluding hydrogens is 266 g/mol. The number of hydrogen-bond donors (Lipinski definition) is 2. The number of nitrogens with zero attached hydrogens (tertiary/aromatic N) is 1. The van der Waals surface area contributed by atoms with E-state index in [9.17, 15) is 4.79 Å². The summed E-state index contributed by atoms with van der Waals surface area (Å²) >= 11 is 0. The molecule has 0 aromatic rings. The largest absolute Gasteiger partial charge is 0.373 e. The summed E-state index contributed by atoms with van der Waals surface area (Å²) in [6.07, 6.45) is 1.67. The van der Waals surface area contributed by atoms with Gasteiger partial charge in [-0.15, -0.1) is 12.4 Å². The van der Waals surface area contributed by atoms with E-state index in [0.29, 0.717) is 12.2 Å². The maximum atomic E-state index is 11.6. The summed E-state index contributed by atoms with van der Waals surface area (Å²) in [5.41, 5.74) is 0. The molecule has 0 radical (unpaired) electrons. The summed E-state index contributed by atoms with van der Waals surface area (Å²) in [5.74, 6) is 0.408. The van der Waals surface area contributed by atoms with E-state index in [-0.39, 0.29) is 24.2 Å². The fraction of sp³-hybridized carbons (Fsp3) is 0.923. The smallest absolute Gasteiger partial charge is 0.225 e. The maximum absolute atomic E-state index is 11.6. The van der Waals surface area contributed by atoms with Crippen LogP contribution in [0.15, 0.2) is 0 Å². The highest BCUT2D eigenvalue weighted by Crippen LogP contribution is 2.10. The second-order valence-corrected chi connectivity index (χ2v) is 5.52. The molecule has 5 nitrogen and oxygen atoms in total. The van der Waals surface area contributed by atoms with Gasteiger partial charge < -0.3 is 15.4 Å². The second-order valence-electron chi connectivity index (χ2n) is 5.52. The monoisotopic (exact) mass is 291 g/mol. The molecule has 2 heterocycles. The number of morpholine rings is 1. The molecule has 0 spiro atoms. The first-order valence-electron chi connectivity index (χ1n) is 7.01. The van der Waals surface area contributed by atoms with E-state index in [1.807, 2.05) is 0 Å². The van der Waals surface area contributed by atoms with Gasteiger partial charge in [-0.25, -0.2) is 0 Å².